The predicted molar refractivity (Wildman–Crippen MR) is 56.2 cm³/mol. The van der Waals surface area contributed by atoms with E-state index in [0.29, 0.717) is 18.8 Å². The third-order valence-corrected chi connectivity index (χ3v) is 2.13. The van der Waals surface area contributed by atoms with Crippen molar-refractivity contribution in [3.05, 3.63) is 29.2 Å². The van der Waals surface area contributed by atoms with Gasteiger partial charge in [-0.2, -0.15) is 4.98 Å². The number of rotatable bonds is 4. The highest BCUT2D eigenvalue weighted by Crippen LogP contribution is 2.09. The van der Waals surface area contributed by atoms with Gasteiger partial charge in [0.25, 0.3) is 0 Å². The van der Waals surface area contributed by atoms with Crippen LogP contribution in [0, 0.1) is 0 Å². The van der Waals surface area contributed by atoms with Crippen LogP contribution in [0.15, 0.2) is 27.9 Å². The molecule has 0 atom stereocenters. The summed E-state index contributed by atoms with van der Waals surface area (Å²) < 4.78 is 5.36. The highest BCUT2D eigenvalue weighted by atomic mass is 79.9. The summed E-state index contributed by atoms with van der Waals surface area (Å²) in [4.78, 5) is 11.9. The maximum Gasteiger partial charge on any atom is 0.213 e. The van der Waals surface area contributed by atoms with E-state index in [1.54, 1.807) is 6.07 Å². The summed E-state index contributed by atoms with van der Waals surface area (Å²) in [5.74, 6) is 1.44. The number of anilines is 1. The van der Waals surface area contributed by atoms with Crippen LogP contribution in [0.4, 0.5) is 5.82 Å². The van der Waals surface area contributed by atoms with Crippen LogP contribution in [0.1, 0.15) is 5.82 Å². The summed E-state index contributed by atoms with van der Waals surface area (Å²) in [6.07, 6.45) is 3.50. The van der Waals surface area contributed by atoms with Gasteiger partial charge in [0, 0.05) is 19.0 Å². The quantitative estimate of drug-likeness (QED) is 0.843. The zero-order chi connectivity index (χ0) is 10.5. The first kappa shape index (κ1) is 10.0. The molecule has 0 bridgehead atoms. The molecule has 0 saturated carbocycles. The van der Waals surface area contributed by atoms with Gasteiger partial charge in [0.1, 0.15) is 16.7 Å². The standard InChI is InChI=1S/C8H8BrN5O/c9-6-3-8(12-4-11-6)10-2-1-7-13-5-15-14-7/h3-5H,1-2H2,(H,10,11,12). The van der Waals surface area contributed by atoms with Gasteiger partial charge in [-0.05, 0) is 15.9 Å². The molecule has 2 rings (SSSR count). The molecule has 78 valence electrons. The summed E-state index contributed by atoms with van der Waals surface area (Å²) in [6, 6.07) is 1.80. The Bertz CT molecular complexity index is 419. The van der Waals surface area contributed by atoms with Gasteiger partial charge in [-0.15, -0.1) is 0 Å². The monoisotopic (exact) mass is 269 g/mol. The fraction of sp³-hybridized carbons (Fsp3) is 0.250. The van der Waals surface area contributed by atoms with Gasteiger partial charge >= 0.3 is 0 Å². The van der Waals surface area contributed by atoms with Gasteiger partial charge in [0.15, 0.2) is 5.82 Å². The molecule has 0 aromatic carbocycles. The Balaban J connectivity index is 1.83. The van der Waals surface area contributed by atoms with Gasteiger partial charge in [-0.3, -0.25) is 0 Å². The van der Waals surface area contributed by atoms with Crippen molar-refractivity contribution in [2.75, 3.05) is 11.9 Å². The summed E-state index contributed by atoms with van der Waals surface area (Å²) in [7, 11) is 0. The summed E-state index contributed by atoms with van der Waals surface area (Å²) in [5, 5.41) is 6.82. The van der Waals surface area contributed by atoms with Crippen LogP contribution in [-0.4, -0.2) is 26.7 Å². The lowest BCUT2D eigenvalue weighted by Crippen LogP contribution is -2.07. The second-order valence-electron chi connectivity index (χ2n) is 2.75. The maximum absolute atomic E-state index is 4.61. The molecule has 0 saturated heterocycles. The Hall–Kier alpha value is -1.50. The van der Waals surface area contributed by atoms with Crippen LogP contribution in [0.5, 0.6) is 0 Å². The van der Waals surface area contributed by atoms with E-state index >= 15 is 0 Å². The molecule has 2 heterocycles. The molecular weight excluding hydrogens is 262 g/mol. The van der Waals surface area contributed by atoms with Gasteiger partial charge in [0.2, 0.25) is 6.39 Å². The molecule has 0 amide bonds. The zero-order valence-corrected chi connectivity index (χ0v) is 9.31. The number of halogens is 1. The molecule has 0 unspecified atom stereocenters. The van der Waals surface area contributed by atoms with Gasteiger partial charge in [0.05, 0.1) is 0 Å². The van der Waals surface area contributed by atoms with Crippen molar-refractivity contribution in [1.82, 2.24) is 20.1 Å². The SMILES string of the molecule is Brc1cc(NCCc2ncon2)ncn1. The van der Waals surface area contributed by atoms with E-state index in [1.807, 2.05) is 0 Å². The minimum Gasteiger partial charge on any atom is -0.369 e. The van der Waals surface area contributed by atoms with E-state index in [-0.39, 0.29) is 0 Å². The van der Waals surface area contributed by atoms with Crippen LogP contribution in [0.3, 0.4) is 0 Å². The van der Waals surface area contributed by atoms with Crippen LogP contribution in [0.25, 0.3) is 0 Å². The predicted octanol–water partition coefficient (Wildman–Crippen LogP) is 1.28. The number of hydrogen-bond acceptors (Lipinski definition) is 6. The average Bonchev–Trinajstić information content (AvgIpc) is 2.71. The lowest BCUT2D eigenvalue weighted by molar-refractivity contribution is 0.410. The van der Waals surface area contributed by atoms with E-state index in [4.69, 9.17) is 0 Å². The Kier molecular flexibility index (Phi) is 3.23. The van der Waals surface area contributed by atoms with Crippen molar-refractivity contribution in [2.45, 2.75) is 6.42 Å². The molecule has 6 nitrogen and oxygen atoms in total. The van der Waals surface area contributed by atoms with Crippen molar-refractivity contribution in [3.63, 3.8) is 0 Å². The fourth-order valence-electron chi connectivity index (χ4n) is 1.04. The van der Waals surface area contributed by atoms with E-state index < -0.39 is 0 Å². The van der Waals surface area contributed by atoms with Gasteiger partial charge in [-0.1, -0.05) is 5.16 Å². The molecule has 0 aliphatic rings. The summed E-state index contributed by atoms with van der Waals surface area (Å²) >= 11 is 3.26. The van der Waals surface area contributed by atoms with Crippen molar-refractivity contribution in [2.24, 2.45) is 0 Å². The van der Waals surface area contributed by atoms with Gasteiger partial charge in [-0.25, -0.2) is 9.97 Å². The molecule has 0 radical (unpaired) electrons. The molecule has 0 spiro atoms. The number of nitrogens with zero attached hydrogens (tertiary/aromatic N) is 4. The van der Waals surface area contributed by atoms with E-state index in [2.05, 4.69) is 45.9 Å². The highest BCUT2D eigenvalue weighted by molar-refractivity contribution is 9.10. The minimum absolute atomic E-state index is 0.677. The van der Waals surface area contributed by atoms with Crippen molar-refractivity contribution in [3.8, 4) is 0 Å². The molecule has 0 fully saturated rings. The molecular formula is C8H8BrN5O. The molecule has 0 aliphatic heterocycles. The molecule has 15 heavy (non-hydrogen) atoms. The topological polar surface area (TPSA) is 76.7 Å². The summed E-state index contributed by atoms with van der Waals surface area (Å²) in [6.45, 7) is 0.697. The van der Waals surface area contributed by atoms with Crippen LogP contribution in [-0.2, 0) is 6.42 Å². The van der Waals surface area contributed by atoms with Crippen LogP contribution in [0.2, 0.25) is 0 Å². The van der Waals surface area contributed by atoms with Crippen LogP contribution >= 0.6 is 15.9 Å². The minimum atomic E-state index is 0.677. The summed E-state index contributed by atoms with van der Waals surface area (Å²) in [5.41, 5.74) is 0. The van der Waals surface area contributed by atoms with Crippen molar-refractivity contribution >= 4 is 21.7 Å². The maximum atomic E-state index is 4.61. The number of hydrogen-bond donors (Lipinski definition) is 1. The first-order valence-corrected chi connectivity index (χ1v) is 5.10. The zero-order valence-electron chi connectivity index (χ0n) is 7.72. The molecule has 0 aliphatic carbocycles. The molecule has 1 N–H and O–H groups in total. The normalized spacial score (nSPS) is 10.2. The lowest BCUT2D eigenvalue weighted by Gasteiger charge is -2.02. The molecule has 2 aromatic rings. The molecule has 2 aromatic heterocycles. The average molecular weight is 270 g/mol. The van der Waals surface area contributed by atoms with E-state index in [0.717, 1.165) is 10.4 Å². The number of aromatic nitrogens is 4. The van der Waals surface area contributed by atoms with Crippen molar-refractivity contribution < 1.29 is 4.52 Å². The Morgan fingerprint density at radius 1 is 1.33 bits per heavy atom. The van der Waals surface area contributed by atoms with Gasteiger partial charge < -0.3 is 9.84 Å². The first-order valence-electron chi connectivity index (χ1n) is 4.31. The van der Waals surface area contributed by atoms with Crippen LogP contribution < -0.4 is 5.32 Å². The fourth-order valence-corrected chi connectivity index (χ4v) is 1.34. The highest BCUT2D eigenvalue weighted by Gasteiger charge is 1.99. The largest absolute Gasteiger partial charge is 0.369 e. The third kappa shape index (κ3) is 2.98. The Labute approximate surface area is 94.3 Å². The Morgan fingerprint density at radius 3 is 3.00 bits per heavy atom. The van der Waals surface area contributed by atoms with E-state index in [1.165, 1.54) is 12.7 Å². The smallest absolute Gasteiger partial charge is 0.213 e. The first-order chi connectivity index (χ1) is 7.34. The third-order valence-electron chi connectivity index (χ3n) is 1.70. The second kappa shape index (κ2) is 4.83. The second-order valence-corrected chi connectivity index (χ2v) is 3.56. The van der Waals surface area contributed by atoms with E-state index in [9.17, 15) is 0 Å². The molecule has 7 heteroatoms. The number of nitrogens with one attached hydrogen (secondary N) is 1. The lowest BCUT2D eigenvalue weighted by atomic mass is 10.4. The van der Waals surface area contributed by atoms with Crippen molar-refractivity contribution in [1.29, 1.82) is 0 Å². The Morgan fingerprint density at radius 2 is 2.27 bits per heavy atom.